The van der Waals surface area contributed by atoms with Crippen LogP contribution in [0.1, 0.15) is 31.2 Å². The standard InChI is InChI=1S/C22H23N3O3/c23-16-10-11-18-19(13-16)28-20(12-15-6-2-1-3-7-15)22(27)25(18)14-21(26)24-17-8-4-5-9-17/h1-3,6-7,10-13,17H,4-5,8-9,14,23H2,(H,24,26)/b20-12+. The van der Waals surface area contributed by atoms with Gasteiger partial charge in [-0.2, -0.15) is 0 Å². The Morgan fingerprint density at radius 2 is 1.93 bits per heavy atom. The van der Waals surface area contributed by atoms with Gasteiger partial charge in [0.2, 0.25) is 5.91 Å². The lowest BCUT2D eigenvalue weighted by atomic mass is 10.1. The first-order valence-electron chi connectivity index (χ1n) is 9.55. The number of hydrogen-bond acceptors (Lipinski definition) is 4. The van der Waals surface area contributed by atoms with Gasteiger partial charge in [-0.3, -0.25) is 14.5 Å². The second kappa shape index (κ2) is 7.76. The minimum absolute atomic E-state index is 0.0538. The third-order valence-corrected chi connectivity index (χ3v) is 5.07. The molecular formula is C22H23N3O3. The van der Waals surface area contributed by atoms with Crippen molar-refractivity contribution in [3.8, 4) is 5.75 Å². The van der Waals surface area contributed by atoms with Gasteiger partial charge in [0.1, 0.15) is 6.54 Å². The highest BCUT2D eigenvalue weighted by atomic mass is 16.5. The average molecular weight is 377 g/mol. The number of anilines is 2. The van der Waals surface area contributed by atoms with Crippen LogP contribution in [0, 0.1) is 0 Å². The Morgan fingerprint density at radius 1 is 1.18 bits per heavy atom. The van der Waals surface area contributed by atoms with Crippen LogP contribution in [0.25, 0.3) is 6.08 Å². The Hall–Kier alpha value is -3.28. The summed E-state index contributed by atoms with van der Waals surface area (Å²) in [4.78, 5) is 27.1. The maximum atomic E-state index is 13.1. The summed E-state index contributed by atoms with van der Waals surface area (Å²) in [5.41, 5.74) is 7.81. The minimum Gasteiger partial charge on any atom is -0.449 e. The zero-order valence-electron chi connectivity index (χ0n) is 15.6. The van der Waals surface area contributed by atoms with Gasteiger partial charge in [0.15, 0.2) is 11.5 Å². The highest BCUT2D eigenvalue weighted by Crippen LogP contribution is 2.37. The van der Waals surface area contributed by atoms with Crippen LogP contribution >= 0.6 is 0 Å². The van der Waals surface area contributed by atoms with Crippen molar-refractivity contribution in [3.63, 3.8) is 0 Å². The third kappa shape index (κ3) is 3.86. The molecule has 6 nitrogen and oxygen atoms in total. The molecule has 1 aliphatic carbocycles. The van der Waals surface area contributed by atoms with Gasteiger partial charge in [-0.1, -0.05) is 43.2 Å². The van der Waals surface area contributed by atoms with Crippen molar-refractivity contribution in [2.75, 3.05) is 17.2 Å². The van der Waals surface area contributed by atoms with Gasteiger partial charge in [-0.15, -0.1) is 0 Å². The van der Waals surface area contributed by atoms with Crippen molar-refractivity contribution >= 4 is 29.3 Å². The van der Waals surface area contributed by atoms with Gasteiger partial charge < -0.3 is 15.8 Å². The van der Waals surface area contributed by atoms with Crippen molar-refractivity contribution < 1.29 is 14.3 Å². The van der Waals surface area contributed by atoms with E-state index in [0.717, 1.165) is 31.2 Å². The maximum Gasteiger partial charge on any atom is 0.294 e. The van der Waals surface area contributed by atoms with Crippen molar-refractivity contribution in [1.82, 2.24) is 5.32 Å². The van der Waals surface area contributed by atoms with Gasteiger partial charge in [0.25, 0.3) is 5.91 Å². The summed E-state index contributed by atoms with van der Waals surface area (Å²) in [6, 6.07) is 14.7. The molecule has 2 aliphatic rings. The van der Waals surface area contributed by atoms with Gasteiger partial charge >= 0.3 is 0 Å². The predicted octanol–water partition coefficient (Wildman–Crippen LogP) is 3.09. The van der Waals surface area contributed by atoms with E-state index >= 15 is 0 Å². The normalized spacial score (nSPS) is 18.1. The summed E-state index contributed by atoms with van der Waals surface area (Å²) in [5, 5.41) is 3.04. The number of hydrogen-bond donors (Lipinski definition) is 2. The van der Waals surface area contributed by atoms with Crippen LogP contribution in [0.2, 0.25) is 0 Å². The second-order valence-corrected chi connectivity index (χ2v) is 7.19. The molecule has 0 aromatic heterocycles. The van der Waals surface area contributed by atoms with Crippen molar-refractivity contribution in [3.05, 3.63) is 59.9 Å². The van der Waals surface area contributed by atoms with E-state index < -0.39 is 0 Å². The molecule has 6 heteroatoms. The fourth-order valence-corrected chi connectivity index (χ4v) is 3.68. The fraction of sp³-hybridized carbons (Fsp3) is 0.273. The van der Waals surface area contributed by atoms with E-state index in [9.17, 15) is 9.59 Å². The van der Waals surface area contributed by atoms with Crippen molar-refractivity contribution in [2.24, 2.45) is 0 Å². The van der Waals surface area contributed by atoms with Crippen LogP contribution in [-0.2, 0) is 9.59 Å². The molecule has 0 saturated heterocycles. The van der Waals surface area contributed by atoms with Crippen LogP contribution in [0.5, 0.6) is 5.75 Å². The number of carbonyl (C=O) groups excluding carboxylic acids is 2. The number of fused-ring (bicyclic) bond motifs is 1. The highest BCUT2D eigenvalue weighted by molar-refractivity contribution is 6.12. The Morgan fingerprint density at radius 3 is 2.68 bits per heavy atom. The van der Waals surface area contributed by atoms with E-state index in [4.69, 9.17) is 10.5 Å². The molecule has 2 aromatic rings. The van der Waals surface area contributed by atoms with Crippen LogP contribution in [-0.4, -0.2) is 24.4 Å². The summed E-state index contributed by atoms with van der Waals surface area (Å²) in [6.07, 6.45) is 5.93. The van der Waals surface area contributed by atoms with Crippen LogP contribution < -0.4 is 20.7 Å². The molecule has 3 N–H and O–H groups in total. The number of nitrogens with zero attached hydrogens (tertiary/aromatic N) is 1. The van der Waals surface area contributed by atoms with Gasteiger partial charge in [0.05, 0.1) is 5.69 Å². The number of rotatable bonds is 4. The lowest BCUT2D eigenvalue weighted by molar-refractivity contribution is -0.123. The molecule has 0 bridgehead atoms. The molecule has 0 unspecified atom stereocenters. The molecule has 0 spiro atoms. The van der Waals surface area contributed by atoms with E-state index in [-0.39, 0.29) is 30.2 Å². The van der Waals surface area contributed by atoms with Crippen molar-refractivity contribution in [1.29, 1.82) is 0 Å². The van der Waals surface area contributed by atoms with Crippen LogP contribution in [0.3, 0.4) is 0 Å². The molecule has 4 rings (SSSR count). The number of amides is 2. The number of nitrogen functional groups attached to an aromatic ring is 1. The first-order valence-corrected chi connectivity index (χ1v) is 9.55. The number of ether oxygens (including phenoxy) is 1. The monoisotopic (exact) mass is 377 g/mol. The van der Waals surface area contributed by atoms with E-state index in [2.05, 4.69) is 5.32 Å². The Bertz CT molecular complexity index is 918. The fourth-order valence-electron chi connectivity index (χ4n) is 3.68. The molecule has 2 aromatic carbocycles. The molecule has 1 aliphatic heterocycles. The molecule has 1 fully saturated rings. The predicted molar refractivity (Wildman–Crippen MR) is 109 cm³/mol. The molecule has 1 heterocycles. The molecule has 1 saturated carbocycles. The maximum absolute atomic E-state index is 13.1. The summed E-state index contributed by atoms with van der Waals surface area (Å²) in [6.45, 7) is -0.0538. The molecular weight excluding hydrogens is 354 g/mol. The SMILES string of the molecule is Nc1ccc2c(c1)O/C(=C/c1ccccc1)C(=O)N2CC(=O)NC1CCCC1. The highest BCUT2D eigenvalue weighted by Gasteiger charge is 2.32. The summed E-state index contributed by atoms with van der Waals surface area (Å²) in [5.74, 6) is 0.125. The largest absolute Gasteiger partial charge is 0.449 e. The van der Waals surface area contributed by atoms with Gasteiger partial charge in [-0.25, -0.2) is 0 Å². The number of carbonyl (C=O) groups is 2. The lowest BCUT2D eigenvalue weighted by Gasteiger charge is -2.30. The number of nitrogens with one attached hydrogen (secondary N) is 1. The lowest BCUT2D eigenvalue weighted by Crippen LogP contribution is -2.46. The van der Waals surface area contributed by atoms with E-state index in [1.807, 2.05) is 30.3 Å². The zero-order valence-corrected chi connectivity index (χ0v) is 15.6. The quantitative estimate of drug-likeness (QED) is 0.633. The molecule has 28 heavy (non-hydrogen) atoms. The summed E-state index contributed by atoms with van der Waals surface area (Å²) < 4.78 is 5.83. The van der Waals surface area contributed by atoms with Crippen LogP contribution in [0.15, 0.2) is 54.3 Å². The topological polar surface area (TPSA) is 84.7 Å². The smallest absolute Gasteiger partial charge is 0.294 e. The third-order valence-electron chi connectivity index (χ3n) is 5.07. The number of nitrogens with two attached hydrogens (primary N) is 1. The molecule has 144 valence electrons. The zero-order chi connectivity index (χ0) is 19.5. The molecule has 0 atom stereocenters. The number of benzene rings is 2. The van der Waals surface area contributed by atoms with Crippen LogP contribution in [0.4, 0.5) is 11.4 Å². The average Bonchev–Trinajstić information content (AvgIpc) is 3.18. The molecule has 2 amide bonds. The Balaban J connectivity index is 1.62. The van der Waals surface area contributed by atoms with E-state index in [1.54, 1.807) is 24.3 Å². The van der Waals surface area contributed by atoms with E-state index in [1.165, 1.54) is 4.90 Å². The minimum atomic E-state index is -0.345. The Kier molecular flexibility index (Phi) is 5.02. The summed E-state index contributed by atoms with van der Waals surface area (Å²) >= 11 is 0. The van der Waals surface area contributed by atoms with Crippen molar-refractivity contribution in [2.45, 2.75) is 31.7 Å². The van der Waals surface area contributed by atoms with Gasteiger partial charge in [-0.05, 0) is 36.6 Å². The second-order valence-electron chi connectivity index (χ2n) is 7.19. The first kappa shape index (κ1) is 18.1. The van der Waals surface area contributed by atoms with E-state index in [0.29, 0.717) is 17.1 Å². The first-order chi connectivity index (χ1) is 13.6. The summed E-state index contributed by atoms with van der Waals surface area (Å²) in [7, 11) is 0. The van der Waals surface area contributed by atoms with Gasteiger partial charge in [0, 0.05) is 17.8 Å². The molecule has 0 radical (unpaired) electrons. The Labute approximate surface area is 164 Å².